The summed E-state index contributed by atoms with van der Waals surface area (Å²) in [5.74, 6) is 2.57. The van der Waals surface area contributed by atoms with Crippen molar-refractivity contribution in [1.29, 1.82) is 0 Å². The van der Waals surface area contributed by atoms with Crippen LogP contribution in [0, 0.1) is 25.7 Å². The molecule has 0 saturated heterocycles. The van der Waals surface area contributed by atoms with E-state index in [1.165, 1.54) is 48.8 Å². The lowest BCUT2D eigenvalue weighted by atomic mass is 9.75. The molecule has 1 aromatic carbocycles. The number of ether oxygens (including phenoxy) is 1. The lowest BCUT2D eigenvalue weighted by molar-refractivity contribution is 0.136. The minimum atomic E-state index is 0.393. The maximum Gasteiger partial charge on any atom is 0.122 e. The molecule has 0 radical (unpaired) electrons. The molecular weight excluding hydrogens is 280 g/mol. The first-order chi connectivity index (χ1) is 11.0. The molecule has 1 aromatic rings. The molecule has 124 valence electrons. The smallest absolute Gasteiger partial charge is 0.122 e. The van der Waals surface area contributed by atoms with Crippen LogP contribution in [-0.4, -0.2) is 6.10 Å². The van der Waals surface area contributed by atoms with E-state index in [9.17, 15) is 0 Å². The Morgan fingerprint density at radius 3 is 2.35 bits per heavy atom. The molecule has 0 N–H and O–H groups in total. The number of rotatable bonds is 3. The van der Waals surface area contributed by atoms with Gasteiger partial charge in [-0.05, 0) is 76.3 Å². The van der Waals surface area contributed by atoms with E-state index < -0.39 is 0 Å². The highest BCUT2D eigenvalue weighted by Gasteiger charge is 2.28. The fourth-order valence-corrected chi connectivity index (χ4v) is 4.24. The SMILES string of the molecule is CC1=CC=C(C2CCC(Oc3ccc(C)cc3C)CC2)C(C)C1. The summed E-state index contributed by atoms with van der Waals surface area (Å²) >= 11 is 0. The zero-order valence-electron chi connectivity index (χ0n) is 15.1. The van der Waals surface area contributed by atoms with Gasteiger partial charge in [0, 0.05) is 0 Å². The molecule has 23 heavy (non-hydrogen) atoms. The fraction of sp³-hybridized carbons (Fsp3) is 0.545. The molecule has 0 aliphatic heterocycles. The average Bonchev–Trinajstić information content (AvgIpc) is 2.51. The van der Waals surface area contributed by atoms with Gasteiger partial charge in [-0.25, -0.2) is 0 Å². The van der Waals surface area contributed by atoms with Crippen molar-refractivity contribution in [2.45, 2.75) is 65.9 Å². The molecule has 0 aromatic heterocycles. The molecule has 1 unspecified atom stereocenters. The average molecular weight is 310 g/mol. The maximum absolute atomic E-state index is 6.29. The van der Waals surface area contributed by atoms with Gasteiger partial charge < -0.3 is 4.74 Å². The van der Waals surface area contributed by atoms with E-state index >= 15 is 0 Å². The van der Waals surface area contributed by atoms with Gasteiger partial charge in [0.25, 0.3) is 0 Å². The zero-order chi connectivity index (χ0) is 16.4. The van der Waals surface area contributed by atoms with Gasteiger partial charge in [0.1, 0.15) is 5.75 Å². The molecule has 1 nitrogen and oxygen atoms in total. The van der Waals surface area contributed by atoms with E-state index in [2.05, 4.69) is 58.0 Å². The predicted molar refractivity (Wildman–Crippen MR) is 97.9 cm³/mol. The summed E-state index contributed by atoms with van der Waals surface area (Å²) in [6.07, 6.45) is 11.3. The summed E-state index contributed by atoms with van der Waals surface area (Å²) in [5.41, 5.74) is 5.77. The van der Waals surface area contributed by atoms with Crippen LogP contribution in [0.15, 0.2) is 41.5 Å². The van der Waals surface area contributed by atoms with Gasteiger partial charge in [-0.3, -0.25) is 0 Å². The van der Waals surface area contributed by atoms with Crippen LogP contribution in [0.25, 0.3) is 0 Å². The van der Waals surface area contributed by atoms with E-state index in [-0.39, 0.29) is 0 Å². The summed E-state index contributed by atoms with van der Waals surface area (Å²) in [4.78, 5) is 0. The minimum absolute atomic E-state index is 0.393. The van der Waals surface area contributed by atoms with Gasteiger partial charge in [0.2, 0.25) is 0 Å². The quantitative estimate of drug-likeness (QED) is 0.650. The molecule has 1 saturated carbocycles. The third-order valence-electron chi connectivity index (χ3n) is 5.53. The topological polar surface area (TPSA) is 9.23 Å². The number of hydrogen-bond acceptors (Lipinski definition) is 1. The highest BCUT2D eigenvalue weighted by molar-refractivity contribution is 5.36. The second-order valence-electron chi connectivity index (χ2n) is 7.65. The van der Waals surface area contributed by atoms with Gasteiger partial charge in [0.05, 0.1) is 6.10 Å². The Morgan fingerprint density at radius 2 is 1.70 bits per heavy atom. The van der Waals surface area contributed by atoms with E-state index in [1.807, 2.05) is 0 Å². The van der Waals surface area contributed by atoms with Crippen molar-refractivity contribution in [3.63, 3.8) is 0 Å². The van der Waals surface area contributed by atoms with Crippen molar-refractivity contribution in [1.82, 2.24) is 0 Å². The largest absolute Gasteiger partial charge is 0.490 e. The van der Waals surface area contributed by atoms with Gasteiger partial charge >= 0.3 is 0 Å². The summed E-state index contributed by atoms with van der Waals surface area (Å²) in [6, 6.07) is 6.50. The van der Waals surface area contributed by atoms with Crippen molar-refractivity contribution in [3.8, 4) is 5.75 Å². The first-order valence-electron chi connectivity index (χ1n) is 9.14. The van der Waals surface area contributed by atoms with Crippen LogP contribution in [0.5, 0.6) is 5.75 Å². The molecule has 1 atom stereocenters. The molecule has 1 heteroatoms. The number of aryl methyl sites for hydroxylation is 2. The first-order valence-corrected chi connectivity index (χ1v) is 9.14. The van der Waals surface area contributed by atoms with Crippen LogP contribution in [0.4, 0.5) is 0 Å². The van der Waals surface area contributed by atoms with Crippen LogP contribution in [0.1, 0.15) is 57.1 Å². The molecule has 0 amide bonds. The Morgan fingerprint density at radius 1 is 0.957 bits per heavy atom. The standard InChI is InChI=1S/C22H30O/c1-15-5-11-21(17(3)13-15)19-7-9-20(10-8-19)23-22-12-6-16(2)14-18(22)4/h5-6,11-12,14,17,19-20H,7-10,13H2,1-4H3. The Hall–Kier alpha value is -1.50. The van der Waals surface area contributed by atoms with Crippen molar-refractivity contribution >= 4 is 0 Å². The van der Waals surface area contributed by atoms with Crippen LogP contribution in [0.3, 0.4) is 0 Å². The number of allylic oxidation sites excluding steroid dienone is 4. The predicted octanol–water partition coefficient (Wildman–Crippen LogP) is 6.15. The van der Waals surface area contributed by atoms with Gasteiger partial charge in [0.15, 0.2) is 0 Å². The second kappa shape index (κ2) is 6.95. The summed E-state index contributed by atoms with van der Waals surface area (Å²) in [5, 5.41) is 0. The Labute approximate surface area is 141 Å². The Bertz CT molecular complexity index is 615. The van der Waals surface area contributed by atoms with Crippen molar-refractivity contribution < 1.29 is 4.74 Å². The Balaban J connectivity index is 1.58. The van der Waals surface area contributed by atoms with Crippen molar-refractivity contribution in [2.24, 2.45) is 11.8 Å². The summed E-state index contributed by atoms with van der Waals surface area (Å²) in [6.45, 7) is 8.92. The third-order valence-corrected chi connectivity index (χ3v) is 5.53. The normalized spacial score (nSPS) is 28.1. The highest BCUT2D eigenvalue weighted by Crippen LogP contribution is 2.38. The van der Waals surface area contributed by atoms with Gasteiger partial charge in [-0.2, -0.15) is 0 Å². The molecule has 2 aliphatic carbocycles. The van der Waals surface area contributed by atoms with Gasteiger partial charge in [-0.15, -0.1) is 0 Å². The number of benzene rings is 1. The van der Waals surface area contributed by atoms with Crippen LogP contribution in [0.2, 0.25) is 0 Å². The van der Waals surface area contributed by atoms with Gasteiger partial charge in [-0.1, -0.05) is 47.9 Å². The fourth-order valence-electron chi connectivity index (χ4n) is 4.24. The lowest BCUT2D eigenvalue weighted by Gasteiger charge is -2.34. The third kappa shape index (κ3) is 3.88. The minimum Gasteiger partial charge on any atom is -0.490 e. The maximum atomic E-state index is 6.29. The summed E-state index contributed by atoms with van der Waals surface area (Å²) < 4.78 is 6.29. The molecule has 3 rings (SSSR count). The molecule has 1 fully saturated rings. The van der Waals surface area contributed by atoms with E-state index in [4.69, 9.17) is 4.74 Å². The summed E-state index contributed by atoms with van der Waals surface area (Å²) in [7, 11) is 0. The van der Waals surface area contributed by atoms with Crippen LogP contribution < -0.4 is 4.74 Å². The van der Waals surface area contributed by atoms with Crippen molar-refractivity contribution in [3.05, 3.63) is 52.6 Å². The molecule has 0 spiro atoms. The van der Waals surface area contributed by atoms with Crippen molar-refractivity contribution in [2.75, 3.05) is 0 Å². The monoisotopic (exact) mass is 310 g/mol. The Kier molecular flexibility index (Phi) is 4.94. The van der Waals surface area contributed by atoms with Crippen LogP contribution in [-0.2, 0) is 0 Å². The highest BCUT2D eigenvalue weighted by atomic mass is 16.5. The van der Waals surface area contributed by atoms with E-state index in [0.717, 1.165) is 17.6 Å². The zero-order valence-corrected chi connectivity index (χ0v) is 15.1. The lowest BCUT2D eigenvalue weighted by Crippen LogP contribution is -2.27. The van der Waals surface area contributed by atoms with E-state index in [0.29, 0.717) is 6.10 Å². The number of hydrogen-bond donors (Lipinski definition) is 0. The first kappa shape index (κ1) is 16.4. The van der Waals surface area contributed by atoms with E-state index in [1.54, 1.807) is 5.57 Å². The second-order valence-corrected chi connectivity index (χ2v) is 7.65. The molecule has 2 aliphatic rings. The molecule has 0 bridgehead atoms. The molecular formula is C22H30O. The molecule has 0 heterocycles. The van der Waals surface area contributed by atoms with Crippen LogP contribution >= 0.6 is 0 Å².